The van der Waals surface area contributed by atoms with Crippen LogP contribution in [0, 0.1) is 12.8 Å². The molecule has 2 heterocycles. The highest BCUT2D eigenvalue weighted by Crippen LogP contribution is 2.39. The Balaban J connectivity index is 1.78. The second-order valence-electron chi connectivity index (χ2n) is 12.2. The molecule has 0 radical (unpaired) electrons. The standard InChI is InChI=1S/C29H39F4N3O4S/c1-18-23(27(37)34-22-11-13-40-14-12-22)16-25(36(18)17-19-5-8-21(30)9-6-19)20-7-10-26(24(15-20)29(31,32)33)41(38,39)35-28(2,3)4/h7,10,15-16,19,21-22,35H,5-6,8-9,11-14,17H2,1-4H3,(H,34,37). The number of sulfonamides is 1. The van der Waals surface area contributed by atoms with Gasteiger partial charge >= 0.3 is 6.18 Å². The van der Waals surface area contributed by atoms with Crippen molar-refractivity contribution >= 4 is 15.9 Å². The average Bonchev–Trinajstić information content (AvgIpc) is 3.19. The fourth-order valence-corrected chi connectivity index (χ4v) is 7.25. The number of ether oxygens (including phenoxy) is 1. The summed E-state index contributed by atoms with van der Waals surface area (Å²) in [6, 6.07) is 4.65. The molecular formula is C29H39F4N3O4S. The van der Waals surface area contributed by atoms with Crippen LogP contribution in [-0.4, -0.2) is 49.9 Å². The quantitative estimate of drug-likeness (QED) is 0.382. The molecule has 1 aliphatic heterocycles. The molecule has 2 fully saturated rings. The van der Waals surface area contributed by atoms with Crippen LogP contribution < -0.4 is 10.0 Å². The third-order valence-electron chi connectivity index (χ3n) is 7.70. The van der Waals surface area contributed by atoms with Crippen LogP contribution in [-0.2, 0) is 27.5 Å². The predicted molar refractivity (Wildman–Crippen MR) is 148 cm³/mol. The fraction of sp³-hybridized carbons (Fsp3) is 0.621. The van der Waals surface area contributed by atoms with E-state index in [1.165, 1.54) is 6.07 Å². The van der Waals surface area contributed by atoms with Gasteiger partial charge in [0.15, 0.2) is 0 Å². The van der Waals surface area contributed by atoms with E-state index in [4.69, 9.17) is 4.74 Å². The van der Waals surface area contributed by atoms with Gasteiger partial charge in [-0.15, -0.1) is 0 Å². The van der Waals surface area contributed by atoms with Crippen molar-refractivity contribution in [1.29, 1.82) is 0 Å². The van der Waals surface area contributed by atoms with E-state index < -0.39 is 38.4 Å². The minimum atomic E-state index is -4.95. The number of amides is 1. The van der Waals surface area contributed by atoms with E-state index in [1.807, 2.05) is 4.57 Å². The molecular weight excluding hydrogens is 562 g/mol. The summed E-state index contributed by atoms with van der Waals surface area (Å²) in [5.41, 5.74) is -0.836. The van der Waals surface area contributed by atoms with E-state index in [2.05, 4.69) is 10.0 Å². The van der Waals surface area contributed by atoms with Crippen LogP contribution in [0.1, 0.15) is 80.9 Å². The molecule has 0 spiro atoms. The van der Waals surface area contributed by atoms with E-state index >= 15 is 0 Å². The van der Waals surface area contributed by atoms with Crippen LogP contribution in [0.15, 0.2) is 29.2 Å². The lowest BCUT2D eigenvalue weighted by atomic mass is 9.88. The van der Waals surface area contributed by atoms with Gasteiger partial charge in [0.1, 0.15) is 6.17 Å². The van der Waals surface area contributed by atoms with Gasteiger partial charge in [-0.1, -0.05) is 6.07 Å². The first-order chi connectivity index (χ1) is 19.0. The maximum absolute atomic E-state index is 14.3. The van der Waals surface area contributed by atoms with Crippen molar-refractivity contribution in [3.63, 3.8) is 0 Å². The summed E-state index contributed by atoms with van der Waals surface area (Å²) < 4.78 is 92.0. The van der Waals surface area contributed by atoms with Gasteiger partial charge in [0.25, 0.3) is 5.91 Å². The molecule has 228 valence electrons. The number of hydrogen-bond donors (Lipinski definition) is 2. The van der Waals surface area contributed by atoms with E-state index in [0.717, 1.165) is 12.1 Å². The number of rotatable bonds is 7. The minimum absolute atomic E-state index is 0.0704. The molecule has 2 aromatic rings. The number of carbonyl (C=O) groups excluding carboxylic acids is 1. The molecule has 1 saturated carbocycles. The Hall–Kier alpha value is -2.44. The number of hydrogen-bond acceptors (Lipinski definition) is 4. The highest BCUT2D eigenvalue weighted by molar-refractivity contribution is 7.89. The Kier molecular flexibility index (Phi) is 9.25. The number of nitrogens with zero attached hydrogens (tertiary/aromatic N) is 1. The lowest BCUT2D eigenvalue weighted by molar-refractivity contribution is -0.139. The van der Waals surface area contributed by atoms with Crippen molar-refractivity contribution in [2.24, 2.45) is 5.92 Å². The first-order valence-corrected chi connectivity index (χ1v) is 15.5. The smallest absolute Gasteiger partial charge is 0.381 e. The predicted octanol–water partition coefficient (Wildman–Crippen LogP) is 6.00. The molecule has 1 aliphatic carbocycles. The highest BCUT2D eigenvalue weighted by atomic mass is 32.2. The Morgan fingerprint density at radius 2 is 1.66 bits per heavy atom. The van der Waals surface area contributed by atoms with E-state index in [9.17, 15) is 30.8 Å². The van der Waals surface area contributed by atoms with E-state index in [-0.39, 0.29) is 23.4 Å². The zero-order valence-electron chi connectivity index (χ0n) is 23.9. The molecule has 2 N–H and O–H groups in total. The highest BCUT2D eigenvalue weighted by Gasteiger charge is 2.39. The van der Waals surface area contributed by atoms with Gasteiger partial charge < -0.3 is 14.6 Å². The third kappa shape index (κ3) is 7.70. The number of alkyl halides is 4. The largest absolute Gasteiger partial charge is 0.417 e. The zero-order valence-corrected chi connectivity index (χ0v) is 24.7. The summed E-state index contributed by atoms with van der Waals surface area (Å²) in [7, 11) is -4.49. The Morgan fingerprint density at radius 1 is 1.02 bits per heavy atom. The summed E-state index contributed by atoms with van der Waals surface area (Å²) in [6.07, 6.45) is -2.38. The summed E-state index contributed by atoms with van der Waals surface area (Å²) in [6.45, 7) is 7.87. The fourth-order valence-electron chi connectivity index (χ4n) is 5.62. The summed E-state index contributed by atoms with van der Waals surface area (Å²) in [5, 5.41) is 3.01. The number of carbonyl (C=O) groups is 1. The Bertz CT molecular complexity index is 1350. The van der Waals surface area contributed by atoms with Gasteiger partial charge in [-0.3, -0.25) is 4.79 Å². The van der Waals surface area contributed by atoms with Crippen molar-refractivity contribution in [3.8, 4) is 11.3 Å². The van der Waals surface area contributed by atoms with Crippen molar-refractivity contribution in [2.75, 3.05) is 13.2 Å². The average molecular weight is 602 g/mol. The van der Waals surface area contributed by atoms with Crippen molar-refractivity contribution in [3.05, 3.63) is 41.1 Å². The van der Waals surface area contributed by atoms with Crippen molar-refractivity contribution < 1.29 is 35.5 Å². The Morgan fingerprint density at radius 3 is 2.24 bits per heavy atom. The lowest BCUT2D eigenvalue weighted by Gasteiger charge is -2.26. The number of benzene rings is 1. The van der Waals surface area contributed by atoms with Gasteiger partial charge in [-0.05, 0) is 95.9 Å². The van der Waals surface area contributed by atoms with Crippen molar-refractivity contribution in [1.82, 2.24) is 14.6 Å². The summed E-state index contributed by atoms with van der Waals surface area (Å²) in [5.74, 6) is -0.234. The van der Waals surface area contributed by atoms with Crippen LogP contribution in [0.5, 0.6) is 0 Å². The molecule has 2 aliphatic rings. The molecule has 41 heavy (non-hydrogen) atoms. The zero-order chi connectivity index (χ0) is 30.2. The molecule has 0 atom stereocenters. The van der Waals surface area contributed by atoms with Crippen LogP contribution in [0.2, 0.25) is 0 Å². The molecule has 1 amide bonds. The summed E-state index contributed by atoms with van der Waals surface area (Å²) in [4.78, 5) is 12.5. The van der Waals surface area contributed by atoms with Gasteiger partial charge in [0, 0.05) is 42.7 Å². The first kappa shape index (κ1) is 31.5. The summed E-state index contributed by atoms with van der Waals surface area (Å²) >= 11 is 0. The van der Waals surface area contributed by atoms with Crippen molar-refractivity contribution in [2.45, 2.75) is 102 Å². The van der Waals surface area contributed by atoms with Crippen LogP contribution in [0.4, 0.5) is 17.6 Å². The lowest BCUT2D eigenvalue weighted by Crippen LogP contribution is -2.41. The van der Waals surface area contributed by atoms with Gasteiger partial charge in [0.05, 0.1) is 16.0 Å². The van der Waals surface area contributed by atoms with Gasteiger partial charge in [-0.25, -0.2) is 17.5 Å². The monoisotopic (exact) mass is 601 g/mol. The molecule has 1 aromatic carbocycles. The number of aromatic nitrogens is 1. The van der Waals surface area contributed by atoms with E-state index in [0.29, 0.717) is 75.2 Å². The van der Waals surface area contributed by atoms with Crippen LogP contribution in [0.3, 0.4) is 0 Å². The molecule has 0 bridgehead atoms. The normalized spacial score (nSPS) is 21.2. The molecule has 1 saturated heterocycles. The first-order valence-electron chi connectivity index (χ1n) is 14.0. The molecule has 12 heteroatoms. The SMILES string of the molecule is Cc1c(C(=O)NC2CCOCC2)cc(-c2ccc(S(=O)(=O)NC(C)(C)C)c(C(F)(F)F)c2)n1CC1CCC(F)CC1. The van der Waals surface area contributed by atoms with Gasteiger partial charge in [-0.2, -0.15) is 13.2 Å². The van der Waals surface area contributed by atoms with Crippen LogP contribution in [0.25, 0.3) is 11.3 Å². The number of nitrogens with one attached hydrogen (secondary N) is 2. The minimum Gasteiger partial charge on any atom is -0.381 e. The van der Waals surface area contributed by atoms with E-state index in [1.54, 1.807) is 33.8 Å². The second-order valence-corrected chi connectivity index (χ2v) is 13.8. The van der Waals surface area contributed by atoms with Crippen LogP contribution >= 0.6 is 0 Å². The number of halogens is 4. The maximum atomic E-state index is 14.3. The van der Waals surface area contributed by atoms with Gasteiger partial charge in [0.2, 0.25) is 10.0 Å². The topological polar surface area (TPSA) is 89.4 Å². The molecule has 7 nitrogen and oxygen atoms in total. The Labute approximate surface area is 239 Å². The molecule has 4 rings (SSSR count). The molecule has 0 unspecified atom stereocenters. The second kappa shape index (κ2) is 12.0. The maximum Gasteiger partial charge on any atom is 0.417 e. The third-order valence-corrected chi connectivity index (χ3v) is 9.51. The molecule has 1 aromatic heterocycles.